The predicted octanol–water partition coefficient (Wildman–Crippen LogP) is 2.10. The van der Waals surface area contributed by atoms with Crippen molar-refractivity contribution < 1.29 is 4.79 Å². The highest BCUT2D eigenvalue weighted by molar-refractivity contribution is 5.76. The van der Waals surface area contributed by atoms with Crippen molar-refractivity contribution in [3.8, 4) is 0 Å². The number of benzene rings is 1. The van der Waals surface area contributed by atoms with Crippen molar-refractivity contribution in [1.82, 2.24) is 0 Å². The Morgan fingerprint density at radius 3 is 2.79 bits per heavy atom. The summed E-state index contributed by atoms with van der Waals surface area (Å²) in [5.41, 5.74) is 2.64. The van der Waals surface area contributed by atoms with Gasteiger partial charge in [-0.1, -0.05) is 24.6 Å². The van der Waals surface area contributed by atoms with Crippen LogP contribution in [0.5, 0.6) is 0 Å². The first-order valence-electron chi connectivity index (χ1n) is 5.18. The van der Waals surface area contributed by atoms with Crippen LogP contribution in [-0.2, 0) is 10.2 Å². The molecule has 0 radical (unpaired) electrons. The fourth-order valence-electron chi connectivity index (χ4n) is 2.82. The number of fused-ring (bicyclic) bond motifs is 2. The Hall–Kier alpha value is -1.31. The molecule has 2 aliphatic rings. The van der Waals surface area contributed by atoms with Crippen LogP contribution in [0.1, 0.15) is 24.8 Å². The number of hydrogen-bond acceptors (Lipinski definition) is 2. The van der Waals surface area contributed by atoms with E-state index in [0.29, 0.717) is 0 Å². The zero-order valence-electron chi connectivity index (χ0n) is 7.99. The molecule has 1 aliphatic heterocycles. The standard InChI is InChI=1S/C12H13NO/c14-8-11-12(6-3-7-12)9-4-1-2-5-10(9)13-11/h1-2,4-5,8,11,13H,3,6-7H2. The first kappa shape index (κ1) is 8.04. The molecule has 0 amide bonds. The van der Waals surface area contributed by atoms with Crippen LogP contribution in [0.2, 0.25) is 0 Å². The maximum absolute atomic E-state index is 11.0. The van der Waals surface area contributed by atoms with Gasteiger partial charge in [-0.25, -0.2) is 0 Å². The summed E-state index contributed by atoms with van der Waals surface area (Å²) in [4.78, 5) is 11.0. The van der Waals surface area contributed by atoms with Gasteiger partial charge in [-0.05, 0) is 24.5 Å². The highest BCUT2D eigenvalue weighted by Crippen LogP contribution is 2.52. The van der Waals surface area contributed by atoms with Crippen molar-refractivity contribution in [3.63, 3.8) is 0 Å². The molecule has 1 aromatic rings. The molecule has 1 N–H and O–H groups in total. The first-order chi connectivity index (χ1) is 6.87. The van der Waals surface area contributed by atoms with Crippen molar-refractivity contribution in [2.24, 2.45) is 0 Å². The van der Waals surface area contributed by atoms with Gasteiger partial charge < -0.3 is 10.1 Å². The van der Waals surface area contributed by atoms with Crippen LogP contribution in [0, 0.1) is 0 Å². The van der Waals surface area contributed by atoms with Gasteiger partial charge in [0.05, 0.1) is 6.04 Å². The third-order valence-corrected chi connectivity index (χ3v) is 3.75. The highest BCUT2D eigenvalue weighted by atomic mass is 16.1. The Bertz CT molecular complexity index is 382. The van der Waals surface area contributed by atoms with Crippen molar-refractivity contribution >= 4 is 12.0 Å². The van der Waals surface area contributed by atoms with E-state index in [-0.39, 0.29) is 11.5 Å². The molecule has 14 heavy (non-hydrogen) atoms. The first-order valence-corrected chi connectivity index (χ1v) is 5.18. The summed E-state index contributed by atoms with van der Waals surface area (Å²) in [6.45, 7) is 0. The van der Waals surface area contributed by atoms with Crippen molar-refractivity contribution in [2.45, 2.75) is 30.7 Å². The molecule has 2 heteroatoms. The Morgan fingerprint density at radius 2 is 2.14 bits per heavy atom. The van der Waals surface area contributed by atoms with Gasteiger partial charge in [0.2, 0.25) is 0 Å². The summed E-state index contributed by atoms with van der Waals surface area (Å²) in [5, 5.41) is 3.31. The summed E-state index contributed by atoms with van der Waals surface area (Å²) in [6.07, 6.45) is 4.63. The van der Waals surface area contributed by atoms with E-state index in [1.807, 2.05) is 6.07 Å². The zero-order valence-corrected chi connectivity index (χ0v) is 7.99. The lowest BCUT2D eigenvalue weighted by molar-refractivity contribution is -0.110. The van der Waals surface area contributed by atoms with Crippen LogP contribution < -0.4 is 5.32 Å². The molecule has 0 bridgehead atoms. The molecule has 1 aromatic carbocycles. The molecule has 1 saturated carbocycles. The minimum atomic E-state index is 0.00801. The lowest BCUT2D eigenvalue weighted by atomic mass is 9.62. The van der Waals surface area contributed by atoms with Gasteiger partial charge in [0, 0.05) is 11.1 Å². The summed E-state index contributed by atoms with van der Waals surface area (Å²) in [6, 6.07) is 8.32. The smallest absolute Gasteiger partial charge is 0.143 e. The molecule has 1 heterocycles. The second-order valence-electron chi connectivity index (χ2n) is 4.31. The van der Waals surface area contributed by atoms with Gasteiger partial charge in [-0.2, -0.15) is 0 Å². The Labute approximate surface area is 83.3 Å². The molecule has 1 unspecified atom stereocenters. The van der Waals surface area contributed by atoms with E-state index in [2.05, 4.69) is 23.5 Å². The highest BCUT2D eigenvalue weighted by Gasteiger charge is 2.50. The second kappa shape index (κ2) is 2.59. The third kappa shape index (κ3) is 0.788. The van der Waals surface area contributed by atoms with Gasteiger partial charge in [-0.15, -0.1) is 0 Å². The monoisotopic (exact) mass is 187 g/mol. The van der Waals surface area contributed by atoms with E-state index in [4.69, 9.17) is 0 Å². The van der Waals surface area contributed by atoms with Crippen molar-refractivity contribution in [3.05, 3.63) is 29.8 Å². The van der Waals surface area contributed by atoms with E-state index >= 15 is 0 Å². The average Bonchev–Trinajstić information content (AvgIpc) is 2.50. The molecule has 72 valence electrons. The number of nitrogens with one attached hydrogen (secondary N) is 1. The number of aldehydes is 1. The van der Waals surface area contributed by atoms with Crippen LogP contribution in [0.3, 0.4) is 0 Å². The van der Waals surface area contributed by atoms with Crippen LogP contribution in [0.15, 0.2) is 24.3 Å². The molecule has 3 rings (SSSR count). The zero-order chi connectivity index (χ0) is 9.60. The van der Waals surface area contributed by atoms with Crippen molar-refractivity contribution in [1.29, 1.82) is 0 Å². The van der Waals surface area contributed by atoms with E-state index in [1.165, 1.54) is 12.0 Å². The molecule has 1 fully saturated rings. The minimum Gasteiger partial charge on any atom is -0.375 e. The maximum Gasteiger partial charge on any atom is 0.143 e. The number of para-hydroxylation sites is 1. The number of hydrogen-bond donors (Lipinski definition) is 1. The fourth-order valence-corrected chi connectivity index (χ4v) is 2.82. The largest absolute Gasteiger partial charge is 0.375 e. The number of anilines is 1. The maximum atomic E-state index is 11.0. The lowest BCUT2D eigenvalue weighted by Gasteiger charge is -2.41. The van der Waals surface area contributed by atoms with Crippen molar-refractivity contribution in [2.75, 3.05) is 5.32 Å². The van der Waals surface area contributed by atoms with E-state index in [9.17, 15) is 4.79 Å². The van der Waals surface area contributed by atoms with Gasteiger partial charge in [0.1, 0.15) is 6.29 Å². The lowest BCUT2D eigenvalue weighted by Crippen LogP contribution is -2.45. The molecule has 1 atom stereocenters. The van der Waals surface area contributed by atoms with Crippen LogP contribution >= 0.6 is 0 Å². The summed E-state index contributed by atoms with van der Waals surface area (Å²) >= 11 is 0. The van der Waals surface area contributed by atoms with Gasteiger partial charge >= 0.3 is 0 Å². The van der Waals surface area contributed by atoms with Gasteiger partial charge in [0.25, 0.3) is 0 Å². The molecular weight excluding hydrogens is 174 g/mol. The number of carbonyl (C=O) groups excluding carboxylic acids is 1. The predicted molar refractivity (Wildman–Crippen MR) is 55.4 cm³/mol. The molecular formula is C12H13NO. The van der Waals surface area contributed by atoms with Crippen LogP contribution in [-0.4, -0.2) is 12.3 Å². The SMILES string of the molecule is O=CC1Nc2ccccc2C12CCC2. The van der Waals surface area contributed by atoms with Crippen LogP contribution in [0.4, 0.5) is 5.69 Å². The normalized spacial score (nSPS) is 26.4. The van der Waals surface area contributed by atoms with Gasteiger partial charge in [0.15, 0.2) is 0 Å². The van der Waals surface area contributed by atoms with E-state index in [0.717, 1.165) is 24.8 Å². The quantitative estimate of drug-likeness (QED) is 0.682. The summed E-state index contributed by atoms with van der Waals surface area (Å²) < 4.78 is 0. The molecule has 1 aliphatic carbocycles. The van der Waals surface area contributed by atoms with E-state index in [1.54, 1.807) is 0 Å². The second-order valence-corrected chi connectivity index (χ2v) is 4.31. The number of carbonyl (C=O) groups is 1. The topological polar surface area (TPSA) is 29.1 Å². The van der Waals surface area contributed by atoms with Crippen LogP contribution in [0.25, 0.3) is 0 Å². The Kier molecular flexibility index (Phi) is 1.49. The molecule has 2 nitrogen and oxygen atoms in total. The summed E-state index contributed by atoms with van der Waals surface area (Å²) in [7, 11) is 0. The molecule has 0 saturated heterocycles. The molecule has 1 spiro atoms. The Morgan fingerprint density at radius 1 is 1.36 bits per heavy atom. The van der Waals surface area contributed by atoms with E-state index < -0.39 is 0 Å². The van der Waals surface area contributed by atoms with Gasteiger partial charge in [-0.3, -0.25) is 0 Å². The third-order valence-electron chi connectivity index (χ3n) is 3.75. The average molecular weight is 187 g/mol. The molecule has 0 aromatic heterocycles. The Balaban J connectivity index is 2.13. The number of rotatable bonds is 1. The fraction of sp³-hybridized carbons (Fsp3) is 0.417. The summed E-state index contributed by atoms with van der Waals surface area (Å²) in [5.74, 6) is 0. The minimum absolute atomic E-state index is 0.00801.